The minimum absolute atomic E-state index is 0.0744. The van der Waals surface area contributed by atoms with Crippen molar-refractivity contribution in [2.24, 2.45) is 0 Å². The molecule has 1 aliphatic rings. The lowest BCUT2D eigenvalue weighted by Crippen LogP contribution is -2.09. The molecule has 2 atom stereocenters. The average Bonchev–Trinajstić information content (AvgIpc) is 3.04. The third-order valence-corrected chi connectivity index (χ3v) is 5.76. The zero-order valence-corrected chi connectivity index (χ0v) is 12.7. The third kappa shape index (κ3) is 2.87. The molecule has 2 aromatic rings. The lowest BCUT2D eigenvalue weighted by atomic mass is 10.1. The van der Waals surface area contributed by atoms with Gasteiger partial charge in [-0.15, -0.1) is 5.10 Å². The van der Waals surface area contributed by atoms with Crippen LogP contribution in [0.1, 0.15) is 36.6 Å². The van der Waals surface area contributed by atoms with Gasteiger partial charge in [-0.05, 0) is 19.4 Å². The first-order chi connectivity index (χ1) is 10.4. The maximum atomic E-state index is 13.8. The molecule has 1 aromatic carbocycles. The second-order valence-electron chi connectivity index (χ2n) is 5.57. The van der Waals surface area contributed by atoms with Gasteiger partial charge in [0, 0.05) is 23.7 Å². The van der Waals surface area contributed by atoms with E-state index in [1.807, 2.05) is 0 Å². The van der Waals surface area contributed by atoms with Crippen molar-refractivity contribution in [2.75, 3.05) is 11.5 Å². The summed E-state index contributed by atoms with van der Waals surface area (Å²) < 4.78 is 51.3. The summed E-state index contributed by atoms with van der Waals surface area (Å²) in [4.78, 5) is 0. The van der Waals surface area contributed by atoms with Crippen LogP contribution in [0.3, 0.4) is 0 Å². The van der Waals surface area contributed by atoms with E-state index in [9.17, 15) is 17.2 Å². The minimum Gasteiger partial charge on any atom is -0.245 e. The first-order valence-corrected chi connectivity index (χ1v) is 8.75. The smallest absolute Gasteiger partial charge is 0.151 e. The highest BCUT2D eigenvalue weighted by Gasteiger charge is 2.31. The van der Waals surface area contributed by atoms with E-state index in [2.05, 4.69) is 10.3 Å². The SMILES string of the molecule is C[C@H](c1ccc(F)cc1F)n1cc(C2CCS(=O)(=O)C2)nn1. The molecular weight excluding hydrogens is 312 g/mol. The van der Waals surface area contributed by atoms with Crippen LogP contribution < -0.4 is 0 Å². The summed E-state index contributed by atoms with van der Waals surface area (Å²) in [6.07, 6.45) is 2.17. The van der Waals surface area contributed by atoms with E-state index in [1.165, 1.54) is 16.8 Å². The summed E-state index contributed by atoms with van der Waals surface area (Å²) in [5.74, 6) is -1.21. The monoisotopic (exact) mass is 327 g/mol. The third-order valence-electron chi connectivity index (χ3n) is 3.99. The molecule has 0 aliphatic carbocycles. The summed E-state index contributed by atoms with van der Waals surface area (Å²) in [6, 6.07) is 2.93. The largest absolute Gasteiger partial charge is 0.245 e. The standard InChI is InChI=1S/C14H15F2N3O2S/c1-9(12-3-2-11(15)6-13(12)16)19-7-14(17-18-19)10-4-5-22(20,21)8-10/h2-3,6-7,9-10H,4-5,8H2,1H3/t9-,10?/m1/s1. The molecule has 22 heavy (non-hydrogen) atoms. The van der Waals surface area contributed by atoms with Gasteiger partial charge in [-0.2, -0.15) is 0 Å². The highest BCUT2D eigenvalue weighted by atomic mass is 32.2. The Hall–Kier alpha value is -1.83. The van der Waals surface area contributed by atoms with E-state index >= 15 is 0 Å². The molecule has 1 fully saturated rings. The van der Waals surface area contributed by atoms with Crippen molar-refractivity contribution in [1.29, 1.82) is 0 Å². The van der Waals surface area contributed by atoms with Crippen LogP contribution in [0.2, 0.25) is 0 Å². The summed E-state index contributed by atoms with van der Waals surface area (Å²) in [6.45, 7) is 1.72. The molecule has 1 aromatic heterocycles. The normalized spacial score (nSPS) is 21.9. The average molecular weight is 327 g/mol. The molecule has 1 saturated heterocycles. The van der Waals surface area contributed by atoms with Crippen molar-refractivity contribution in [2.45, 2.75) is 25.3 Å². The van der Waals surface area contributed by atoms with E-state index in [1.54, 1.807) is 13.1 Å². The zero-order valence-electron chi connectivity index (χ0n) is 11.9. The fourth-order valence-electron chi connectivity index (χ4n) is 2.68. The molecule has 0 radical (unpaired) electrons. The Kier molecular flexibility index (Phi) is 3.72. The summed E-state index contributed by atoms with van der Waals surface area (Å²) in [7, 11) is -3.00. The zero-order chi connectivity index (χ0) is 15.9. The van der Waals surface area contributed by atoms with Gasteiger partial charge in [0.25, 0.3) is 0 Å². The van der Waals surface area contributed by atoms with Gasteiger partial charge in [0.2, 0.25) is 0 Å². The molecule has 3 rings (SSSR count). The topological polar surface area (TPSA) is 64.8 Å². The van der Waals surface area contributed by atoms with E-state index in [-0.39, 0.29) is 17.4 Å². The molecule has 0 amide bonds. The van der Waals surface area contributed by atoms with Gasteiger partial charge < -0.3 is 0 Å². The van der Waals surface area contributed by atoms with Crippen molar-refractivity contribution in [3.63, 3.8) is 0 Å². The fourth-order valence-corrected chi connectivity index (χ4v) is 4.44. The number of sulfone groups is 1. The Balaban J connectivity index is 1.84. The Morgan fingerprint density at radius 3 is 2.77 bits per heavy atom. The molecular formula is C14H15F2N3O2S. The molecule has 0 bridgehead atoms. The van der Waals surface area contributed by atoms with Gasteiger partial charge in [0.05, 0.1) is 23.2 Å². The van der Waals surface area contributed by atoms with Gasteiger partial charge in [-0.3, -0.25) is 0 Å². The number of aromatic nitrogens is 3. The van der Waals surface area contributed by atoms with Crippen LogP contribution in [-0.2, 0) is 9.84 Å². The molecule has 5 nitrogen and oxygen atoms in total. The fraction of sp³-hybridized carbons (Fsp3) is 0.429. The first-order valence-electron chi connectivity index (χ1n) is 6.93. The Morgan fingerprint density at radius 2 is 2.14 bits per heavy atom. The van der Waals surface area contributed by atoms with Crippen molar-refractivity contribution in [3.05, 3.63) is 47.3 Å². The number of hydrogen-bond acceptors (Lipinski definition) is 4. The maximum absolute atomic E-state index is 13.8. The molecule has 0 saturated carbocycles. The van der Waals surface area contributed by atoms with Gasteiger partial charge >= 0.3 is 0 Å². The highest BCUT2D eigenvalue weighted by molar-refractivity contribution is 7.91. The number of halogens is 2. The Bertz CT molecular complexity index is 804. The molecule has 8 heteroatoms. The van der Waals surface area contributed by atoms with Gasteiger partial charge in [0.1, 0.15) is 11.6 Å². The Labute approximate surface area is 126 Å². The number of hydrogen-bond donors (Lipinski definition) is 0. The van der Waals surface area contributed by atoms with Crippen LogP contribution in [0.15, 0.2) is 24.4 Å². The van der Waals surface area contributed by atoms with E-state index in [0.717, 1.165) is 6.07 Å². The lowest BCUT2D eigenvalue weighted by molar-refractivity contribution is 0.501. The van der Waals surface area contributed by atoms with Crippen LogP contribution in [-0.4, -0.2) is 34.9 Å². The van der Waals surface area contributed by atoms with Gasteiger partial charge in [-0.25, -0.2) is 21.9 Å². The number of benzene rings is 1. The maximum Gasteiger partial charge on any atom is 0.151 e. The van der Waals surface area contributed by atoms with Crippen LogP contribution in [0.4, 0.5) is 8.78 Å². The van der Waals surface area contributed by atoms with Crippen LogP contribution in [0.25, 0.3) is 0 Å². The van der Waals surface area contributed by atoms with E-state index in [4.69, 9.17) is 0 Å². The lowest BCUT2D eigenvalue weighted by Gasteiger charge is -2.12. The second kappa shape index (κ2) is 5.42. The van der Waals surface area contributed by atoms with Crippen molar-refractivity contribution < 1.29 is 17.2 Å². The summed E-state index contributed by atoms with van der Waals surface area (Å²) in [5.41, 5.74) is 0.896. The number of nitrogens with zero attached hydrogens (tertiary/aromatic N) is 3. The van der Waals surface area contributed by atoms with Gasteiger partial charge in [-0.1, -0.05) is 11.3 Å². The molecule has 0 spiro atoms. The predicted molar refractivity (Wildman–Crippen MR) is 76.2 cm³/mol. The van der Waals surface area contributed by atoms with Crippen LogP contribution in [0, 0.1) is 11.6 Å². The predicted octanol–water partition coefficient (Wildman–Crippen LogP) is 2.07. The molecule has 2 heterocycles. The molecule has 0 N–H and O–H groups in total. The molecule has 1 unspecified atom stereocenters. The first kappa shape index (κ1) is 15.1. The highest BCUT2D eigenvalue weighted by Crippen LogP contribution is 2.28. The summed E-state index contributed by atoms with van der Waals surface area (Å²) >= 11 is 0. The van der Waals surface area contributed by atoms with Crippen molar-refractivity contribution in [3.8, 4) is 0 Å². The Morgan fingerprint density at radius 1 is 1.36 bits per heavy atom. The van der Waals surface area contributed by atoms with Crippen LogP contribution in [0.5, 0.6) is 0 Å². The van der Waals surface area contributed by atoms with Crippen molar-refractivity contribution >= 4 is 9.84 Å². The molecule has 118 valence electrons. The quantitative estimate of drug-likeness (QED) is 0.866. The second-order valence-corrected chi connectivity index (χ2v) is 7.79. The van der Waals surface area contributed by atoms with Crippen molar-refractivity contribution in [1.82, 2.24) is 15.0 Å². The van der Waals surface area contributed by atoms with Crippen LogP contribution >= 0.6 is 0 Å². The van der Waals surface area contributed by atoms with E-state index < -0.39 is 27.5 Å². The summed E-state index contributed by atoms with van der Waals surface area (Å²) in [5, 5.41) is 7.97. The minimum atomic E-state index is -3.00. The molecule has 1 aliphatic heterocycles. The van der Waals surface area contributed by atoms with Gasteiger partial charge in [0.15, 0.2) is 9.84 Å². The number of rotatable bonds is 3. The van der Waals surface area contributed by atoms with E-state index in [0.29, 0.717) is 17.7 Å².